The van der Waals surface area contributed by atoms with Crippen LogP contribution in [-0.2, 0) is 0 Å². The molecule has 0 aliphatic heterocycles. The molecule has 0 aliphatic carbocycles. The summed E-state index contributed by atoms with van der Waals surface area (Å²) in [5.74, 6) is 0.814. The molecule has 0 atom stereocenters. The number of nitrogens with one attached hydrogen (secondary N) is 1. The maximum Gasteiger partial charge on any atom is 0.331 e. The molecular weight excluding hydrogens is 242 g/mol. The van der Waals surface area contributed by atoms with Crippen LogP contribution in [0.2, 0.25) is 0 Å². The number of carbonyl (C=O) groups is 1. The Labute approximate surface area is 112 Å². The van der Waals surface area contributed by atoms with Crippen LogP contribution in [0.3, 0.4) is 0 Å². The summed E-state index contributed by atoms with van der Waals surface area (Å²) in [6.45, 7) is 2.84. The monoisotopic (exact) mass is 259 g/mol. The van der Waals surface area contributed by atoms with Crippen LogP contribution >= 0.6 is 0 Å². The molecule has 0 saturated heterocycles. The molecule has 2 rings (SSSR count). The molecule has 0 spiro atoms. The zero-order valence-electron chi connectivity index (χ0n) is 10.9. The van der Waals surface area contributed by atoms with E-state index in [0.29, 0.717) is 0 Å². The smallest absolute Gasteiger partial charge is 0.331 e. The molecule has 100 valence electrons. The molecule has 1 aromatic heterocycles. The summed E-state index contributed by atoms with van der Waals surface area (Å²) in [6, 6.07) is 7.09. The van der Waals surface area contributed by atoms with Crippen molar-refractivity contribution in [1.29, 1.82) is 0 Å². The summed E-state index contributed by atoms with van der Waals surface area (Å²) in [6.07, 6.45) is 6.76. The Bertz CT molecular complexity index is 506. The second kappa shape index (κ2) is 6.58. The first-order chi connectivity index (χ1) is 9.29. The Morgan fingerprint density at radius 1 is 1.37 bits per heavy atom. The average molecular weight is 259 g/mol. The van der Waals surface area contributed by atoms with E-state index >= 15 is 0 Å². The summed E-state index contributed by atoms with van der Waals surface area (Å²) in [7, 11) is 0. The molecule has 1 aromatic carbocycles. The van der Waals surface area contributed by atoms with Gasteiger partial charge >= 0.3 is 6.03 Å². The summed E-state index contributed by atoms with van der Waals surface area (Å²) in [4.78, 5) is 15.6. The molecule has 1 heterocycles. The summed E-state index contributed by atoms with van der Waals surface area (Å²) in [5, 5.41) is 2.77. The van der Waals surface area contributed by atoms with E-state index in [1.807, 2.05) is 24.3 Å². The van der Waals surface area contributed by atoms with E-state index in [2.05, 4.69) is 17.2 Å². The molecule has 0 aliphatic rings. The Hall–Kier alpha value is -2.30. The van der Waals surface area contributed by atoms with E-state index < -0.39 is 0 Å². The van der Waals surface area contributed by atoms with E-state index in [1.54, 1.807) is 12.4 Å². The molecule has 1 N–H and O–H groups in total. The number of hydrogen-bond acceptors (Lipinski definition) is 3. The lowest BCUT2D eigenvalue weighted by atomic mass is 10.3. The van der Waals surface area contributed by atoms with Crippen LogP contribution in [0.5, 0.6) is 5.75 Å². The normalized spacial score (nSPS) is 10.2. The van der Waals surface area contributed by atoms with Crippen LogP contribution in [0.1, 0.15) is 19.8 Å². The van der Waals surface area contributed by atoms with Gasteiger partial charge in [-0.25, -0.2) is 9.78 Å². The molecule has 5 nitrogen and oxygen atoms in total. The van der Waals surface area contributed by atoms with Gasteiger partial charge in [0.25, 0.3) is 0 Å². The van der Waals surface area contributed by atoms with Gasteiger partial charge in [-0.15, -0.1) is 0 Å². The van der Waals surface area contributed by atoms with Crippen molar-refractivity contribution in [2.45, 2.75) is 19.8 Å². The van der Waals surface area contributed by atoms with Crippen LogP contribution in [0.25, 0.3) is 0 Å². The van der Waals surface area contributed by atoms with Crippen LogP contribution in [0.15, 0.2) is 43.0 Å². The Morgan fingerprint density at radius 2 is 2.16 bits per heavy atom. The van der Waals surface area contributed by atoms with Crippen LogP contribution < -0.4 is 10.1 Å². The van der Waals surface area contributed by atoms with Crippen LogP contribution in [0, 0.1) is 0 Å². The van der Waals surface area contributed by atoms with Gasteiger partial charge in [-0.2, -0.15) is 0 Å². The van der Waals surface area contributed by atoms with Gasteiger partial charge in [-0.3, -0.25) is 4.57 Å². The van der Waals surface area contributed by atoms with Crippen LogP contribution in [-0.4, -0.2) is 22.2 Å². The zero-order valence-corrected chi connectivity index (χ0v) is 10.9. The number of hydrogen-bond donors (Lipinski definition) is 1. The number of imidazole rings is 1. The fourth-order valence-corrected chi connectivity index (χ4v) is 1.54. The fourth-order valence-electron chi connectivity index (χ4n) is 1.54. The maximum atomic E-state index is 11.8. The number of amides is 1. The standard InChI is InChI=1S/C14H17N3O2/c1-2-3-10-19-13-6-4-12(5-7-13)16-14(18)17-9-8-15-11-17/h4-9,11H,2-3,10H2,1H3,(H,16,18). The molecule has 0 unspecified atom stereocenters. The third-order valence-electron chi connectivity index (χ3n) is 2.61. The van der Waals surface area contributed by atoms with Gasteiger partial charge in [0.2, 0.25) is 0 Å². The van der Waals surface area contributed by atoms with Gasteiger partial charge in [0.15, 0.2) is 0 Å². The van der Waals surface area contributed by atoms with Crippen molar-refractivity contribution in [1.82, 2.24) is 9.55 Å². The summed E-state index contributed by atoms with van der Waals surface area (Å²) >= 11 is 0. The van der Waals surface area contributed by atoms with Gasteiger partial charge in [0.1, 0.15) is 12.1 Å². The minimum atomic E-state index is -0.239. The first kappa shape index (κ1) is 13.1. The number of aromatic nitrogens is 2. The van der Waals surface area contributed by atoms with Crippen LogP contribution in [0.4, 0.5) is 10.5 Å². The van der Waals surface area contributed by atoms with Gasteiger partial charge in [0.05, 0.1) is 6.61 Å². The number of carbonyl (C=O) groups excluding carboxylic acids is 1. The Morgan fingerprint density at radius 3 is 2.79 bits per heavy atom. The summed E-state index contributed by atoms with van der Waals surface area (Å²) < 4.78 is 6.93. The number of unbranched alkanes of at least 4 members (excludes halogenated alkanes) is 1. The van der Waals surface area contributed by atoms with Crippen molar-refractivity contribution in [3.63, 3.8) is 0 Å². The largest absolute Gasteiger partial charge is 0.494 e. The fraction of sp³-hybridized carbons (Fsp3) is 0.286. The molecule has 2 aromatic rings. The van der Waals surface area contributed by atoms with Crippen molar-refractivity contribution >= 4 is 11.7 Å². The maximum absolute atomic E-state index is 11.8. The molecule has 19 heavy (non-hydrogen) atoms. The number of anilines is 1. The zero-order chi connectivity index (χ0) is 13.5. The second-order valence-electron chi connectivity index (χ2n) is 4.13. The lowest BCUT2D eigenvalue weighted by Gasteiger charge is -2.08. The topological polar surface area (TPSA) is 56.1 Å². The molecule has 0 saturated carbocycles. The van der Waals surface area contributed by atoms with E-state index in [4.69, 9.17) is 4.74 Å². The van der Waals surface area contributed by atoms with E-state index in [1.165, 1.54) is 10.9 Å². The average Bonchev–Trinajstić information content (AvgIpc) is 2.95. The number of nitrogens with zero attached hydrogens (tertiary/aromatic N) is 2. The van der Waals surface area contributed by atoms with Gasteiger partial charge in [0, 0.05) is 18.1 Å². The molecule has 0 fully saturated rings. The molecule has 1 amide bonds. The highest BCUT2D eigenvalue weighted by molar-refractivity contribution is 5.90. The quantitative estimate of drug-likeness (QED) is 0.839. The predicted molar refractivity (Wildman–Crippen MR) is 73.5 cm³/mol. The highest BCUT2D eigenvalue weighted by atomic mass is 16.5. The molecule has 5 heteroatoms. The Balaban J connectivity index is 1.90. The van der Waals surface area contributed by atoms with Gasteiger partial charge in [-0.1, -0.05) is 13.3 Å². The lowest BCUT2D eigenvalue weighted by Crippen LogP contribution is -2.17. The minimum Gasteiger partial charge on any atom is -0.494 e. The van der Waals surface area contributed by atoms with Crippen molar-refractivity contribution in [3.8, 4) is 5.75 Å². The first-order valence-electron chi connectivity index (χ1n) is 6.32. The highest BCUT2D eigenvalue weighted by Gasteiger charge is 2.03. The van der Waals surface area contributed by atoms with Gasteiger partial charge < -0.3 is 10.1 Å². The van der Waals surface area contributed by atoms with Gasteiger partial charge in [-0.05, 0) is 30.7 Å². The third-order valence-corrected chi connectivity index (χ3v) is 2.61. The number of rotatable bonds is 5. The SMILES string of the molecule is CCCCOc1ccc(NC(=O)n2ccnc2)cc1. The second-order valence-corrected chi connectivity index (χ2v) is 4.13. The highest BCUT2D eigenvalue weighted by Crippen LogP contribution is 2.16. The molecular formula is C14H17N3O2. The number of ether oxygens (including phenoxy) is 1. The van der Waals surface area contributed by atoms with E-state index in [-0.39, 0.29) is 6.03 Å². The molecule has 0 radical (unpaired) electrons. The first-order valence-corrected chi connectivity index (χ1v) is 6.32. The number of benzene rings is 1. The van der Waals surface area contributed by atoms with Crippen molar-refractivity contribution in [2.75, 3.05) is 11.9 Å². The lowest BCUT2D eigenvalue weighted by molar-refractivity contribution is 0.253. The van der Waals surface area contributed by atoms with E-state index in [9.17, 15) is 4.79 Å². The predicted octanol–water partition coefficient (Wildman–Crippen LogP) is 3.14. The Kier molecular flexibility index (Phi) is 4.55. The summed E-state index contributed by atoms with van der Waals surface area (Å²) in [5.41, 5.74) is 0.724. The minimum absolute atomic E-state index is 0.239. The van der Waals surface area contributed by atoms with Crippen molar-refractivity contribution < 1.29 is 9.53 Å². The van der Waals surface area contributed by atoms with Crippen molar-refractivity contribution in [3.05, 3.63) is 43.0 Å². The van der Waals surface area contributed by atoms with Crippen molar-refractivity contribution in [2.24, 2.45) is 0 Å². The van der Waals surface area contributed by atoms with E-state index in [0.717, 1.165) is 30.9 Å². The third kappa shape index (κ3) is 3.84. The molecule has 0 bridgehead atoms.